The van der Waals surface area contributed by atoms with E-state index in [1.807, 2.05) is 24.8 Å². The van der Waals surface area contributed by atoms with Gasteiger partial charge in [-0.15, -0.1) is 18.3 Å². The Hall–Kier alpha value is -0.370. The molecule has 1 aliphatic heterocycles. The summed E-state index contributed by atoms with van der Waals surface area (Å²) in [5.41, 5.74) is 0. The molecule has 3 atom stereocenters. The van der Waals surface area contributed by atoms with Crippen molar-refractivity contribution in [2.45, 2.75) is 31.4 Å². The highest BCUT2D eigenvalue weighted by atomic mass is 32.2. The van der Waals surface area contributed by atoms with E-state index in [0.717, 1.165) is 12.2 Å². The fourth-order valence-electron chi connectivity index (χ4n) is 1.70. The summed E-state index contributed by atoms with van der Waals surface area (Å²) in [6.07, 6.45) is 3.49. The molecule has 0 radical (unpaired) electrons. The van der Waals surface area contributed by atoms with Crippen molar-refractivity contribution in [3.8, 4) is 0 Å². The quantitative estimate of drug-likeness (QED) is 0.527. The zero-order valence-electron chi connectivity index (χ0n) is 9.08. The highest BCUT2D eigenvalue weighted by Gasteiger charge is 2.38. The molecule has 0 saturated carbocycles. The van der Waals surface area contributed by atoms with Crippen LogP contribution in [0.25, 0.3) is 0 Å². The Morgan fingerprint density at radius 2 is 2.50 bits per heavy atom. The first-order valence-corrected chi connectivity index (χ1v) is 6.08. The maximum Gasteiger partial charge on any atom is 0.154 e. The molecule has 1 saturated heterocycles. The summed E-state index contributed by atoms with van der Waals surface area (Å²) in [6.45, 7) is 11.9. The SMILES string of the molecule is C=CC(C)CC1CSC([CH2+])(C)CC1=O. The van der Waals surface area contributed by atoms with E-state index < -0.39 is 0 Å². The van der Waals surface area contributed by atoms with E-state index in [2.05, 4.69) is 20.4 Å². The maximum atomic E-state index is 11.8. The van der Waals surface area contributed by atoms with Gasteiger partial charge in [-0.2, -0.15) is 0 Å². The molecule has 0 aliphatic carbocycles. The Morgan fingerprint density at radius 3 is 3.00 bits per heavy atom. The number of carbonyl (C=O) groups is 1. The van der Waals surface area contributed by atoms with Crippen LogP contribution in [0.3, 0.4) is 0 Å². The molecule has 1 heterocycles. The van der Waals surface area contributed by atoms with Gasteiger partial charge in [-0.1, -0.05) is 13.0 Å². The molecule has 78 valence electrons. The molecule has 0 amide bonds. The van der Waals surface area contributed by atoms with E-state index >= 15 is 0 Å². The van der Waals surface area contributed by atoms with E-state index in [0.29, 0.717) is 18.1 Å². The standard InChI is InChI=1S/C12H19OS/c1-5-9(2)6-10-8-14-12(3,4)7-11(10)13/h5,9-10H,1,3,6-8H2,2,4H3/q+1. The van der Waals surface area contributed by atoms with Crippen LogP contribution in [0, 0.1) is 18.8 Å². The average molecular weight is 211 g/mol. The lowest BCUT2D eigenvalue weighted by Crippen LogP contribution is -2.34. The summed E-state index contributed by atoms with van der Waals surface area (Å²) < 4.78 is -0.0923. The second-order valence-electron chi connectivity index (χ2n) is 4.55. The van der Waals surface area contributed by atoms with Gasteiger partial charge >= 0.3 is 0 Å². The summed E-state index contributed by atoms with van der Waals surface area (Å²) in [4.78, 5) is 11.8. The maximum absolute atomic E-state index is 11.8. The molecule has 2 heteroatoms. The third-order valence-corrected chi connectivity index (χ3v) is 4.11. The van der Waals surface area contributed by atoms with Crippen molar-refractivity contribution < 1.29 is 4.79 Å². The molecule has 0 aromatic carbocycles. The molecule has 1 rings (SSSR count). The van der Waals surface area contributed by atoms with Crippen molar-refractivity contribution >= 4 is 17.5 Å². The number of rotatable bonds is 3. The molecule has 3 unspecified atom stereocenters. The van der Waals surface area contributed by atoms with E-state index in [4.69, 9.17) is 0 Å². The molecule has 0 aromatic rings. The van der Waals surface area contributed by atoms with E-state index in [1.165, 1.54) is 0 Å². The van der Waals surface area contributed by atoms with Gasteiger partial charge in [-0.3, -0.25) is 4.79 Å². The Kier molecular flexibility index (Phi) is 3.71. The minimum atomic E-state index is -0.0923. The number of hydrogen-bond acceptors (Lipinski definition) is 2. The smallest absolute Gasteiger partial charge is 0.154 e. The normalized spacial score (nSPS) is 35.3. The summed E-state index contributed by atoms with van der Waals surface area (Å²) in [5, 5.41) is 0. The first kappa shape index (κ1) is 11.7. The number of carbonyl (C=O) groups excluding carboxylic acids is 1. The summed E-state index contributed by atoms with van der Waals surface area (Å²) in [5.74, 6) is 1.98. The minimum absolute atomic E-state index is 0.0923. The average Bonchev–Trinajstić information content (AvgIpc) is 2.09. The molecule has 0 spiro atoms. The number of allylic oxidation sites excluding steroid dienone is 1. The van der Waals surface area contributed by atoms with Gasteiger partial charge in [0.05, 0.1) is 13.3 Å². The lowest BCUT2D eigenvalue weighted by molar-refractivity contribution is -0.123. The number of Topliss-reactive ketones (excluding diaryl/α,β-unsaturated/α-hetero) is 1. The molecule has 1 aliphatic rings. The van der Waals surface area contributed by atoms with Crippen molar-refractivity contribution in [2.24, 2.45) is 11.8 Å². The highest BCUT2D eigenvalue weighted by Crippen LogP contribution is 2.37. The highest BCUT2D eigenvalue weighted by molar-refractivity contribution is 8.00. The molecule has 0 bridgehead atoms. The van der Waals surface area contributed by atoms with E-state index in [1.54, 1.807) is 0 Å². The van der Waals surface area contributed by atoms with Gasteiger partial charge in [-0.25, -0.2) is 0 Å². The molecule has 14 heavy (non-hydrogen) atoms. The Morgan fingerprint density at radius 1 is 1.86 bits per heavy atom. The van der Waals surface area contributed by atoms with Crippen LogP contribution in [-0.4, -0.2) is 16.3 Å². The van der Waals surface area contributed by atoms with Crippen molar-refractivity contribution in [1.29, 1.82) is 0 Å². The fourth-order valence-corrected chi connectivity index (χ4v) is 2.87. The zero-order chi connectivity index (χ0) is 10.8. The van der Waals surface area contributed by atoms with Gasteiger partial charge < -0.3 is 0 Å². The van der Waals surface area contributed by atoms with Crippen molar-refractivity contribution in [3.05, 3.63) is 19.6 Å². The van der Waals surface area contributed by atoms with Crippen molar-refractivity contribution in [2.75, 3.05) is 5.75 Å². The summed E-state index contributed by atoms with van der Waals surface area (Å²) in [6, 6.07) is 0. The van der Waals surface area contributed by atoms with Gasteiger partial charge in [0.15, 0.2) is 4.75 Å². The second kappa shape index (κ2) is 4.43. The summed E-state index contributed by atoms with van der Waals surface area (Å²) >= 11 is 1.82. The molecule has 0 aromatic heterocycles. The molecular formula is C12H19OS+. The molecule has 0 N–H and O–H groups in total. The molecule has 1 fully saturated rings. The first-order chi connectivity index (χ1) is 6.44. The third kappa shape index (κ3) is 3.09. The van der Waals surface area contributed by atoms with Crippen LogP contribution in [-0.2, 0) is 4.79 Å². The third-order valence-electron chi connectivity index (χ3n) is 2.70. The number of ketones is 1. The minimum Gasteiger partial charge on any atom is -0.299 e. The van der Waals surface area contributed by atoms with Gasteiger partial charge in [0.1, 0.15) is 5.78 Å². The lowest BCUT2D eigenvalue weighted by Gasteiger charge is -2.28. The second-order valence-corrected chi connectivity index (χ2v) is 6.16. The Balaban J connectivity index is 2.50. The zero-order valence-corrected chi connectivity index (χ0v) is 9.90. The van der Waals surface area contributed by atoms with Gasteiger partial charge in [0.2, 0.25) is 0 Å². The largest absolute Gasteiger partial charge is 0.299 e. The topological polar surface area (TPSA) is 17.1 Å². The molecule has 1 nitrogen and oxygen atoms in total. The fraction of sp³-hybridized carbons (Fsp3) is 0.667. The van der Waals surface area contributed by atoms with Gasteiger partial charge in [-0.05, 0) is 19.3 Å². The Bertz CT molecular complexity index is 232. The predicted octanol–water partition coefficient (Wildman–Crippen LogP) is 3.11. The van der Waals surface area contributed by atoms with E-state index in [-0.39, 0.29) is 10.7 Å². The van der Waals surface area contributed by atoms with Crippen molar-refractivity contribution in [1.82, 2.24) is 0 Å². The Labute approximate surface area is 91.3 Å². The van der Waals surface area contributed by atoms with Crippen LogP contribution in [0.4, 0.5) is 0 Å². The van der Waals surface area contributed by atoms with Crippen molar-refractivity contribution in [3.63, 3.8) is 0 Å². The van der Waals surface area contributed by atoms with Crippen LogP contribution in [0.2, 0.25) is 0 Å². The number of thioether (sulfide) groups is 1. The lowest BCUT2D eigenvalue weighted by atomic mass is 9.89. The first-order valence-electron chi connectivity index (χ1n) is 5.09. The molecular weight excluding hydrogens is 192 g/mol. The van der Waals surface area contributed by atoms with Crippen LogP contribution < -0.4 is 0 Å². The van der Waals surface area contributed by atoms with Crippen LogP contribution in [0.15, 0.2) is 12.7 Å². The van der Waals surface area contributed by atoms with Gasteiger partial charge in [0, 0.05) is 11.7 Å². The van der Waals surface area contributed by atoms with Crippen LogP contribution in [0.1, 0.15) is 26.7 Å². The predicted molar refractivity (Wildman–Crippen MR) is 63.3 cm³/mol. The van der Waals surface area contributed by atoms with E-state index in [9.17, 15) is 4.79 Å². The van der Waals surface area contributed by atoms with Gasteiger partial charge in [0.25, 0.3) is 0 Å². The monoisotopic (exact) mass is 211 g/mol. The van der Waals surface area contributed by atoms with Crippen LogP contribution >= 0.6 is 11.8 Å². The van der Waals surface area contributed by atoms with Crippen LogP contribution in [0.5, 0.6) is 0 Å². The summed E-state index contributed by atoms with van der Waals surface area (Å²) in [7, 11) is 0. The number of hydrogen-bond donors (Lipinski definition) is 0.